The van der Waals surface area contributed by atoms with Gasteiger partial charge in [-0.15, -0.1) is 0 Å². The van der Waals surface area contributed by atoms with E-state index in [9.17, 15) is 14.7 Å². The Morgan fingerprint density at radius 3 is 2.58 bits per heavy atom. The largest absolute Gasteiger partial charge is 0.444 e. The van der Waals surface area contributed by atoms with Gasteiger partial charge < -0.3 is 25.8 Å². The van der Waals surface area contributed by atoms with Gasteiger partial charge in [0.1, 0.15) is 5.60 Å². The fourth-order valence-corrected chi connectivity index (χ4v) is 2.70. The van der Waals surface area contributed by atoms with Gasteiger partial charge in [0, 0.05) is 13.1 Å². The maximum atomic E-state index is 11.9. The fraction of sp³-hybridized carbons (Fsp3) is 0.882. The Bertz CT molecular complexity index is 421. The molecule has 140 valence electrons. The van der Waals surface area contributed by atoms with Crippen LogP contribution >= 0.6 is 0 Å². The molecule has 0 aromatic carbocycles. The molecule has 0 aromatic rings. The van der Waals surface area contributed by atoms with Crippen LogP contribution in [0.15, 0.2) is 0 Å². The van der Waals surface area contributed by atoms with Gasteiger partial charge >= 0.3 is 6.09 Å². The van der Waals surface area contributed by atoms with Crippen LogP contribution in [0.25, 0.3) is 0 Å². The Labute approximate surface area is 144 Å². The van der Waals surface area contributed by atoms with Gasteiger partial charge in [-0.2, -0.15) is 0 Å². The lowest BCUT2D eigenvalue weighted by Crippen LogP contribution is -2.46. The number of hydrogen-bond acceptors (Lipinski definition) is 5. The second-order valence-electron chi connectivity index (χ2n) is 7.77. The Morgan fingerprint density at radius 1 is 1.42 bits per heavy atom. The summed E-state index contributed by atoms with van der Waals surface area (Å²) in [5, 5.41) is 18.8. The van der Waals surface area contributed by atoms with Crippen molar-refractivity contribution in [1.82, 2.24) is 16.0 Å². The first-order valence-corrected chi connectivity index (χ1v) is 8.74. The maximum absolute atomic E-state index is 11.9. The summed E-state index contributed by atoms with van der Waals surface area (Å²) in [6.07, 6.45) is 0.314. The van der Waals surface area contributed by atoms with Crippen LogP contribution in [-0.2, 0) is 9.53 Å². The lowest BCUT2D eigenvalue weighted by atomic mass is 9.98. The second kappa shape index (κ2) is 9.22. The van der Waals surface area contributed by atoms with Crippen molar-refractivity contribution >= 4 is 12.0 Å². The van der Waals surface area contributed by atoms with E-state index in [-0.39, 0.29) is 23.8 Å². The first-order valence-electron chi connectivity index (χ1n) is 8.74. The van der Waals surface area contributed by atoms with Gasteiger partial charge in [-0.3, -0.25) is 4.79 Å². The zero-order valence-electron chi connectivity index (χ0n) is 15.5. The van der Waals surface area contributed by atoms with Crippen LogP contribution in [0.1, 0.15) is 47.5 Å². The van der Waals surface area contributed by atoms with Crippen LogP contribution in [0.3, 0.4) is 0 Å². The highest BCUT2D eigenvalue weighted by Gasteiger charge is 2.25. The minimum absolute atomic E-state index is 0.0460. The Morgan fingerprint density at radius 2 is 2.08 bits per heavy atom. The monoisotopic (exact) mass is 343 g/mol. The molecule has 4 N–H and O–H groups in total. The molecule has 4 atom stereocenters. The lowest BCUT2D eigenvalue weighted by molar-refractivity contribution is -0.122. The number of carbonyl (C=O) groups is 2. The standard InChI is InChI=1S/C17H33N3O4/c1-11(9-18-10-13-6-7-19-15(13)22)8-14(12(2)21)20-16(23)24-17(3,4)5/h11-14,18,21H,6-10H2,1-5H3,(H,19,22)(H,20,23)/t11?,12?,13-,14-/m0/s1. The Hall–Kier alpha value is -1.34. The van der Waals surface area contributed by atoms with E-state index in [0.717, 1.165) is 19.5 Å². The van der Waals surface area contributed by atoms with Gasteiger partial charge in [-0.1, -0.05) is 6.92 Å². The van der Waals surface area contributed by atoms with E-state index in [4.69, 9.17) is 4.74 Å². The molecular weight excluding hydrogens is 310 g/mol. The first-order chi connectivity index (χ1) is 11.1. The molecular formula is C17H33N3O4. The molecule has 1 saturated heterocycles. The van der Waals surface area contributed by atoms with Gasteiger partial charge in [-0.25, -0.2) is 4.79 Å². The summed E-state index contributed by atoms with van der Waals surface area (Å²) in [7, 11) is 0. The van der Waals surface area contributed by atoms with Crippen molar-refractivity contribution in [3.63, 3.8) is 0 Å². The molecule has 1 aliphatic heterocycles. The van der Waals surface area contributed by atoms with Crippen LogP contribution in [0.5, 0.6) is 0 Å². The topological polar surface area (TPSA) is 99.7 Å². The highest BCUT2D eigenvalue weighted by Crippen LogP contribution is 2.12. The molecule has 2 amide bonds. The Balaban J connectivity index is 2.35. The molecule has 7 heteroatoms. The number of aliphatic hydroxyl groups excluding tert-OH is 1. The van der Waals surface area contributed by atoms with Crippen molar-refractivity contribution in [3.8, 4) is 0 Å². The van der Waals surface area contributed by atoms with Gasteiger partial charge in [-0.05, 0) is 53.0 Å². The maximum Gasteiger partial charge on any atom is 0.407 e. The summed E-state index contributed by atoms with van der Waals surface area (Å²) in [6.45, 7) is 11.3. The summed E-state index contributed by atoms with van der Waals surface area (Å²) in [5.41, 5.74) is -0.567. The fourth-order valence-electron chi connectivity index (χ4n) is 2.70. The highest BCUT2D eigenvalue weighted by molar-refractivity contribution is 5.80. The molecule has 1 rings (SSSR count). The van der Waals surface area contributed by atoms with Gasteiger partial charge in [0.2, 0.25) is 5.91 Å². The molecule has 24 heavy (non-hydrogen) atoms. The van der Waals surface area contributed by atoms with Crippen LogP contribution in [0, 0.1) is 11.8 Å². The van der Waals surface area contributed by atoms with E-state index in [1.54, 1.807) is 27.7 Å². The number of alkyl carbamates (subject to hydrolysis) is 1. The van der Waals surface area contributed by atoms with Crippen LogP contribution in [0.2, 0.25) is 0 Å². The number of hydrogen-bond donors (Lipinski definition) is 4. The summed E-state index contributed by atoms with van der Waals surface area (Å²) in [4.78, 5) is 23.4. The number of amides is 2. The van der Waals surface area contributed by atoms with Gasteiger partial charge in [0.05, 0.1) is 18.1 Å². The molecule has 2 unspecified atom stereocenters. The van der Waals surface area contributed by atoms with Crippen LogP contribution in [0.4, 0.5) is 4.79 Å². The zero-order valence-corrected chi connectivity index (χ0v) is 15.5. The van der Waals surface area contributed by atoms with E-state index in [1.165, 1.54) is 0 Å². The number of carbonyl (C=O) groups excluding carboxylic acids is 2. The molecule has 1 fully saturated rings. The van der Waals surface area contributed by atoms with Crippen LogP contribution in [-0.4, -0.2) is 54.5 Å². The molecule has 0 aliphatic carbocycles. The molecule has 0 saturated carbocycles. The van der Waals surface area contributed by atoms with Crippen molar-refractivity contribution in [1.29, 1.82) is 0 Å². The Kier molecular flexibility index (Phi) is 7.96. The summed E-state index contributed by atoms with van der Waals surface area (Å²) in [6, 6.07) is -0.369. The van der Waals surface area contributed by atoms with Crippen molar-refractivity contribution in [3.05, 3.63) is 0 Å². The van der Waals surface area contributed by atoms with Gasteiger partial charge in [0.15, 0.2) is 0 Å². The van der Waals surface area contributed by atoms with E-state index in [0.29, 0.717) is 13.0 Å². The van der Waals surface area contributed by atoms with E-state index in [1.807, 2.05) is 6.92 Å². The minimum Gasteiger partial charge on any atom is -0.444 e. The van der Waals surface area contributed by atoms with Crippen molar-refractivity contribution in [2.45, 2.75) is 65.2 Å². The van der Waals surface area contributed by atoms with Crippen LogP contribution < -0.4 is 16.0 Å². The van der Waals surface area contributed by atoms with Crippen molar-refractivity contribution < 1.29 is 19.4 Å². The molecule has 0 spiro atoms. The van der Waals surface area contributed by atoms with Crippen molar-refractivity contribution in [2.24, 2.45) is 11.8 Å². The first kappa shape index (κ1) is 20.7. The smallest absolute Gasteiger partial charge is 0.407 e. The third-order valence-electron chi connectivity index (χ3n) is 3.99. The SMILES string of the molecule is CC(CNC[C@@H]1CCNC1=O)C[C@H](NC(=O)OC(C)(C)C)C(C)O. The number of nitrogens with one attached hydrogen (secondary N) is 3. The third kappa shape index (κ3) is 7.97. The third-order valence-corrected chi connectivity index (χ3v) is 3.99. The average molecular weight is 343 g/mol. The molecule has 0 bridgehead atoms. The minimum atomic E-state index is -0.666. The lowest BCUT2D eigenvalue weighted by Gasteiger charge is -2.27. The zero-order chi connectivity index (χ0) is 18.3. The summed E-state index contributed by atoms with van der Waals surface area (Å²) >= 11 is 0. The highest BCUT2D eigenvalue weighted by atomic mass is 16.6. The van der Waals surface area contributed by atoms with E-state index < -0.39 is 17.8 Å². The summed E-state index contributed by atoms with van der Waals surface area (Å²) < 4.78 is 5.24. The molecule has 0 aromatic heterocycles. The van der Waals surface area contributed by atoms with Crippen molar-refractivity contribution in [2.75, 3.05) is 19.6 Å². The van der Waals surface area contributed by atoms with E-state index >= 15 is 0 Å². The second-order valence-corrected chi connectivity index (χ2v) is 7.77. The molecule has 0 radical (unpaired) electrons. The molecule has 1 heterocycles. The predicted molar refractivity (Wildman–Crippen MR) is 92.6 cm³/mol. The molecule has 7 nitrogen and oxygen atoms in total. The average Bonchev–Trinajstić information content (AvgIpc) is 2.81. The number of rotatable bonds is 8. The number of ether oxygens (including phenoxy) is 1. The molecule has 1 aliphatic rings. The summed E-state index contributed by atoms with van der Waals surface area (Å²) in [5.74, 6) is 0.400. The quantitative estimate of drug-likeness (QED) is 0.527. The normalized spacial score (nSPS) is 21.8. The number of aliphatic hydroxyl groups is 1. The van der Waals surface area contributed by atoms with E-state index in [2.05, 4.69) is 16.0 Å². The predicted octanol–water partition coefficient (Wildman–Crippen LogP) is 1.01. The van der Waals surface area contributed by atoms with Gasteiger partial charge in [0.25, 0.3) is 0 Å².